The Morgan fingerprint density at radius 1 is 1.33 bits per heavy atom. The Morgan fingerprint density at radius 2 is 2.17 bits per heavy atom. The van der Waals surface area contributed by atoms with Crippen LogP contribution in [0.15, 0.2) is 12.7 Å². The van der Waals surface area contributed by atoms with Gasteiger partial charge in [-0.1, -0.05) is 0 Å². The second kappa shape index (κ2) is 5.36. The molecule has 0 bridgehead atoms. The summed E-state index contributed by atoms with van der Waals surface area (Å²) in [5.41, 5.74) is 5.58. The van der Waals surface area contributed by atoms with Gasteiger partial charge in [-0.3, -0.25) is 0 Å². The van der Waals surface area contributed by atoms with Gasteiger partial charge in [-0.05, 0) is 14.1 Å². The minimum absolute atomic E-state index is 0.0790. The van der Waals surface area contributed by atoms with E-state index in [1.807, 2.05) is 19.0 Å². The molecule has 96 valence electrons. The van der Waals surface area contributed by atoms with Crippen molar-refractivity contribution in [1.29, 1.82) is 0 Å². The highest BCUT2D eigenvalue weighted by molar-refractivity contribution is 5.23. The minimum Gasteiger partial charge on any atom is -0.462 e. The molecule has 9 heteroatoms. The lowest BCUT2D eigenvalue weighted by Crippen LogP contribution is -2.20. The van der Waals surface area contributed by atoms with E-state index in [4.69, 9.17) is 10.5 Å². The van der Waals surface area contributed by atoms with Crippen LogP contribution in [0.1, 0.15) is 0 Å². The second-order valence-electron chi connectivity index (χ2n) is 3.77. The monoisotopic (exact) mass is 250 g/mol. The molecule has 2 heterocycles. The van der Waals surface area contributed by atoms with Gasteiger partial charge in [0.25, 0.3) is 5.95 Å². The third-order valence-corrected chi connectivity index (χ3v) is 2.01. The van der Waals surface area contributed by atoms with Crippen LogP contribution in [-0.4, -0.2) is 61.9 Å². The number of aromatic nitrogens is 6. The van der Waals surface area contributed by atoms with Gasteiger partial charge in [-0.15, -0.1) is 0 Å². The predicted molar refractivity (Wildman–Crippen MR) is 63.2 cm³/mol. The van der Waals surface area contributed by atoms with Crippen molar-refractivity contribution >= 4 is 5.95 Å². The van der Waals surface area contributed by atoms with Gasteiger partial charge < -0.3 is 15.4 Å². The molecule has 18 heavy (non-hydrogen) atoms. The van der Waals surface area contributed by atoms with Crippen molar-refractivity contribution in [3.8, 4) is 12.0 Å². The lowest BCUT2D eigenvalue weighted by Gasteiger charge is -2.10. The number of hydrogen-bond donors (Lipinski definition) is 1. The molecule has 2 N–H and O–H groups in total. The van der Waals surface area contributed by atoms with E-state index in [1.165, 1.54) is 17.3 Å². The molecule has 0 saturated carbocycles. The molecule has 0 aliphatic heterocycles. The number of ether oxygens (including phenoxy) is 1. The molecule has 0 aliphatic rings. The standard InChI is InChI=1S/C9H14N8O/c1-16(2)3-4-18-9-14-7(10)13-8(15-9)17-6-11-5-12-17/h5-6H,3-4H2,1-2H3,(H2,10,13,14,15). The number of anilines is 1. The van der Waals surface area contributed by atoms with E-state index >= 15 is 0 Å². The zero-order valence-corrected chi connectivity index (χ0v) is 10.2. The summed E-state index contributed by atoms with van der Waals surface area (Å²) in [5, 5.41) is 3.91. The largest absolute Gasteiger partial charge is 0.462 e. The van der Waals surface area contributed by atoms with Crippen molar-refractivity contribution in [2.75, 3.05) is 33.0 Å². The van der Waals surface area contributed by atoms with Gasteiger partial charge in [0.2, 0.25) is 5.95 Å². The number of nitrogens with zero attached hydrogens (tertiary/aromatic N) is 7. The van der Waals surface area contributed by atoms with Crippen molar-refractivity contribution in [3.63, 3.8) is 0 Å². The normalized spacial score (nSPS) is 10.8. The highest BCUT2D eigenvalue weighted by atomic mass is 16.5. The zero-order valence-electron chi connectivity index (χ0n) is 10.2. The van der Waals surface area contributed by atoms with Crippen LogP contribution in [0.4, 0.5) is 5.95 Å². The molecule has 0 amide bonds. The zero-order chi connectivity index (χ0) is 13.0. The molecule has 0 aromatic carbocycles. The Hall–Kier alpha value is -2.29. The number of rotatable bonds is 5. The fourth-order valence-corrected chi connectivity index (χ4v) is 1.16. The Labute approximate surface area is 104 Å². The van der Waals surface area contributed by atoms with Crippen molar-refractivity contribution < 1.29 is 4.74 Å². The van der Waals surface area contributed by atoms with Crippen LogP contribution < -0.4 is 10.5 Å². The average molecular weight is 250 g/mol. The fourth-order valence-electron chi connectivity index (χ4n) is 1.16. The van der Waals surface area contributed by atoms with Crippen LogP contribution in [0.2, 0.25) is 0 Å². The van der Waals surface area contributed by atoms with Gasteiger partial charge in [-0.2, -0.15) is 24.7 Å². The second-order valence-corrected chi connectivity index (χ2v) is 3.77. The van der Waals surface area contributed by atoms with E-state index in [-0.39, 0.29) is 17.9 Å². The Balaban J connectivity index is 2.12. The Bertz CT molecular complexity index is 497. The van der Waals surface area contributed by atoms with E-state index in [1.54, 1.807) is 0 Å². The average Bonchev–Trinajstić information content (AvgIpc) is 2.81. The molecule has 0 spiro atoms. The quantitative estimate of drug-likeness (QED) is 0.718. The van der Waals surface area contributed by atoms with E-state index in [9.17, 15) is 0 Å². The topological polar surface area (TPSA) is 108 Å². The molecule has 0 atom stereocenters. The van der Waals surface area contributed by atoms with Gasteiger partial charge >= 0.3 is 6.01 Å². The summed E-state index contributed by atoms with van der Waals surface area (Å²) in [7, 11) is 3.90. The van der Waals surface area contributed by atoms with Gasteiger partial charge in [0.05, 0.1) is 0 Å². The van der Waals surface area contributed by atoms with Crippen LogP contribution in [-0.2, 0) is 0 Å². The fraction of sp³-hybridized carbons (Fsp3) is 0.444. The number of nitrogens with two attached hydrogens (primary N) is 1. The molecule has 0 unspecified atom stereocenters. The summed E-state index contributed by atoms with van der Waals surface area (Å²) in [6.07, 6.45) is 2.85. The molecule has 9 nitrogen and oxygen atoms in total. The molecular weight excluding hydrogens is 236 g/mol. The third-order valence-electron chi connectivity index (χ3n) is 2.01. The summed E-state index contributed by atoms with van der Waals surface area (Å²) < 4.78 is 6.78. The molecule has 0 aliphatic carbocycles. The maximum absolute atomic E-state index is 5.58. The van der Waals surface area contributed by atoms with Crippen molar-refractivity contribution in [2.45, 2.75) is 0 Å². The van der Waals surface area contributed by atoms with Gasteiger partial charge in [0, 0.05) is 6.54 Å². The van der Waals surface area contributed by atoms with Gasteiger partial charge in [-0.25, -0.2) is 4.98 Å². The Kier molecular flexibility index (Phi) is 3.63. The molecule has 2 rings (SSSR count). The van der Waals surface area contributed by atoms with E-state index in [0.29, 0.717) is 6.61 Å². The third kappa shape index (κ3) is 3.10. The lowest BCUT2D eigenvalue weighted by atomic mass is 10.6. The Morgan fingerprint density at radius 3 is 2.83 bits per heavy atom. The van der Waals surface area contributed by atoms with Gasteiger partial charge in [0.1, 0.15) is 19.3 Å². The first-order valence-electron chi connectivity index (χ1n) is 5.29. The summed E-state index contributed by atoms with van der Waals surface area (Å²) in [5.74, 6) is 0.357. The van der Waals surface area contributed by atoms with Crippen LogP contribution in [0.5, 0.6) is 6.01 Å². The number of hydrogen-bond acceptors (Lipinski definition) is 8. The first-order chi connectivity index (χ1) is 8.65. The minimum atomic E-state index is 0.0790. The predicted octanol–water partition coefficient (Wildman–Crippen LogP) is -1.03. The van der Waals surface area contributed by atoms with Crippen LogP contribution in [0.3, 0.4) is 0 Å². The smallest absolute Gasteiger partial charge is 0.323 e. The summed E-state index contributed by atoms with van der Waals surface area (Å²) in [4.78, 5) is 17.7. The molecule has 2 aromatic heterocycles. The lowest BCUT2D eigenvalue weighted by molar-refractivity contribution is 0.245. The maximum Gasteiger partial charge on any atom is 0.323 e. The highest BCUT2D eigenvalue weighted by Crippen LogP contribution is 2.07. The van der Waals surface area contributed by atoms with Crippen molar-refractivity contribution in [2.24, 2.45) is 0 Å². The van der Waals surface area contributed by atoms with Crippen LogP contribution in [0, 0.1) is 0 Å². The van der Waals surface area contributed by atoms with E-state index < -0.39 is 0 Å². The maximum atomic E-state index is 5.58. The molecule has 0 radical (unpaired) electrons. The molecule has 0 saturated heterocycles. The SMILES string of the molecule is CN(C)CCOc1nc(N)nc(-n2cncn2)n1. The van der Waals surface area contributed by atoms with Crippen molar-refractivity contribution in [3.05, 3.63) is 12.7 Å². The van der Waals surface area contributed by atoms with Gasteiger partial charge in [0.15, 0.2) is 0 Å². The number of nitrogen functional groups attached to an aromatic ring is 1. The molecular formula is C9H14N8O. The molecule has 0 fully saturated rings. The molecule has 2 aromatic rings. The van der Waals surface area contributed by atoms with Crippen molar-refractivity contribution in [1.82, 2.24) is 34.6 Å². The summed E-state index contributed by atoms with van der Waals surface area (Å²) in [6, 6.07) is 0.176. The summed E-state index contributed by atoms with van der Waals surface area (Å²) >= 11 is 0. The van der Waals surface area contributed by atoms with E-state index in [0.717, 1.165) is 6.54 Å². The van der Waals surface area contributed by atoms with Crippen LogP contribution in [0.25, 0.3) is 5.95 Å². The van der Waals surface area contributed by atoms with Crippen LogP contribution >= 0.6 is 0 Å². The highest BCUT2D eigenvalue weighted by Gasteiger charge is 2.07. The summed E-state index contributed by atoms with van der Waals surface area (Å²) in [6.45, 7) is 1.22. The first kappa shape index (κ1) is 12.2. The number of likely N-dealkylation sites (N-methyl/N-ethyl adjacent to an activating group) is 1. The first-order valence-corrected chi connectivity index (χ1v) is 5.29. The van der Waals surface area contributed by atoms with E-state index in [2.05, 4.69) is 25.0 Å².